The predicted molar refractivity (Wildman–Crippen MR) is 88.0 cm³/mol. The van der Waals surface area contributed by atoms with Gasteiger partial charge in [-0.3, -0.25) is 4.57 Å². The van der Waals surface area contributed by atoms with Crippen molar-refractivity contribution < 1.29 is 22.0 Å². The van der Waals surface area contributed by atoms with Crippen molar-refractivity contribution in [1.82, 2.24) is 19.7 Å². The first-order chi connectivity index (χ1) is 13.1. The predicted octanol–water partition coefficient (Wildman–Crippen LogP) is 5.15. The molecule has 1 fully saturated rings. The third-order valence-corrected chi connectivity index (χ3v) is 5.52. The molecule has 10 heteroatoms. The molecule has 1 saturated carbocycles. The van der Waals surface area contributed by atoms with E-state index in [1.165, 1.54) is 6.26 Å². The molecule has 142 valence electrons. The number of pyridine rings is 1. The first-order valence-electron chi connectivity index (χ1n) is 8.43. The van der Waals surface area contributed by atoms with Gasteiger partial charge in [0, 0.05) is 6.04 Å². The van der Waals surface area contributed by atoms with E-state index in [-0.39, 0.29) is 11.2 Å². The van der Waals surface area contributed by atoms with Gasteiger partial charge in [0.05, 0.1) is 11.2 Å². The lowest BCUT2D eigenvalue weighted by molar-refractivity contribution is 0.337. The van der Waals surface area contributed by atoms with Crippen molar-refractivity contribution in [2.75, 3.05) is 0 Å². The Hall–Kier alpha value is -2.36. The second-order valence-corrected chi connectivity index (χ2v) is 7.18. The van der Waals surface area contributed by atoms with Crippen LogP contribution in [0.15, 0.2) is 32.9 Å². The van der Waals surface area contributed by atoms with Crippen LogP contribution in [0.3, 0.4) is 0 Å². The zero-order valence-electron chi connectivity index (χ0n) is 14.0. The topological polar surface area (TPSA) is 56.7 Å². The van der Waals surface area contributed by atoms with Crippen LogP contribution >= 0.6 is 11.8 Å². The summed E-state index contributed by atoms with van der Waals surface area (Å²) in [5.74, 6) is -5.66. The summed E-state index contributed by atoms with van der Waals surface area (Å²) in [6.45, 7) is 0. The van der Waals surface area contributed by atoms with Gasteiger partial charge in [-0.05, 0) is 36.7 Å². The number of halogens is 4. The molecule has 0 atom stereocenters. The number of hydrogen-bond acceptors (Lipinski definition) is 5. The normalized spacial score (nSPS) is 15.4. The molecule has 27 heavy (non-hydrogen) atoms. The summed E-state index contributed by atoms with van der Waals surface area (Å²) in [7, 11) is 0. The molecule has 0 saturated heterocycles. The second-order valence-electron chi connectivity index (χ2n) is 6.20. The Kier molecular flexibility index (Phi) is 4.90. The summed E-state index contributed by atoms with van der Waals surface area (Å²) in [5, 5.41) is 8.22. The molecule has 0 aromatic carbocycles. The maximum atomic E-state index is 14.0. The summed E-state index contributed by atoms with van der Waals surface area (Å²) in [4.78, 5) is 1.74. The highest BCUT2D eigenvalue weighted by Gasteiger charge is 2.28. The first-order valence-corrected chi connectivity index (χ1v) is 9.24. The van der Waals surface area contributed by atoms with E-state index in [1.54, 1.807) is 16.7 Å². The molecule has 3 heterocycles. The monoisotopic (exact) mass is 398 g/mol. The van der Waals surface area contributed by atoms with Crippen molar-refractivity contribution in [3.63, 3.8) is 0 Å². The average molecular weight is 398 g/mol. The fourth-order valence-electron chi connectivity index (χ4n) is 3.24. The third kappa shape index (κ3) is 3.33. The molecule has 1 aliphatic carbocycles. The molecular weight excluding hydrogens is 384 g/mol. The van der Waals surface area contributed by atoms with Gasteiger partial charge in [0.2, 0.25) is 5.82 Å². The molecular formula is C17H14F4N4OS. The average Bonchev–Trinajstić information content (AvgIpc) is 3.34. The lowest BCUT2D eigenvalue weighted by Gasteiger charge is -2.25. The minimum absolute atomic E-state index is 0.000923. The molecule has 0 amide bonds. The Bertz CT molecular complexity index is 928. The quantitative estimate of drug-likeness (QED) is 0.450. The first kappa shape index (κ1) is 18.0. The van der Waals surface area contributed by atoms with Crippen molar-refractivity contribution in [1.29, 1.82) is 0 Å². The maximum absolute atomic E-state index is 14.0. The Morgan fingerprint density at radius 1 is 1.00 bits per heavy atom. The van der Waals surface area contributed by atoms with Gasteiger partial charge in [0.15, 0.2) is 22.6 Å². The molecule has 5 nitrogen and oxygen atoms in total. The second kappa shape index (κ2) is 7.34. The van der Waals surface area contributed by atoms with Crippen molar-refractivity contribution in [2.24, 2.45) is 0 Å². The van der Waals surface area contributed by atoms with E-state index in [9.17, 15) is 17.6 Å². The summed E-state index contributed by atoms with van der Waals surface area (Å²) < 4.78 is 62.1. The lowest BCUT2D eigenvalue weighted by Crippen LogP contribution is -2.15. The van der Waals surface area contributed by atoms with E-state index >= 15 is 0 Å². The summed E-state index contributed by atoms with van der Waals surface area (Å²) >= 11 is 0.485. The highest BCUT2D eigenvalue weighted by atomic mass is 32.2. The Labute approximate surface area is 155 Å². The molecule has 3 aromatic heterocycles. The largest absolute Gasteiger partial charge is 0.461 e. The number of nitrogens with zero attached hydrogens (tertiary/aromatic N) is 4. The van der Waals surface area contributed by atoms with E-state index in [0.717, 1.165) is 32.1 Å². The third-order valence-electron chi connectivity index (χ3n) is 4.50. The Morgan fingerprint density at radius 2 is 1.70 bits per heavy atom. The molecule has 0 aliphatic heterocycles. The van der Waals surface area contributed by atoms with E-state index in [4.69, 9.17) is 4.42 Å². The smallest absolute Gasteiger partial charge is 0.252 e. The van der Waals surface area contributed by atoms with Gasteiger partial charge in [-0.25, -0.2) is 8.78 Å². The van der Waals surface area contributed by atoms with Gasteiger partial charge in [-0.2, -0.15) is 13.8 Å². The van der Waals surface area contributed by atoms with Gasteiger partial charge in [-0.1, -0.05) is 19.3 Å². The number of furan rings is 1. The SMILES string of the molecule is Fc1nc(F)c(F)c(Sc2nnc(-c3ccco3)n2C2CCCCC2)c1F. The van der Waals surface area contributed by atoms with Crippen LogP contribution in [-0.4, -0.2) is 19.7 Å². The van der Waals surface area contributed by atoms with Gasteiger partial charge >= 0.3 is 0 Å². The maximum Gasteiger partial charge on any atom is 0.252 e. The fraction of sp³-hybridized carbons (Fsp3) is 0.353. The van der Waals surface area contributed by atoms with Gasteiger partial charge in [-0.15, -0.1) is 10.2 Å². The summed E-state index contributed by atoms with van der Waals surface area (Å²) in [5.41, 5.74) is 0. The van der Waals surface area contributed by atoms with Crippen LogP contribution in [0.25, 0.3) is 11.6 Å². The molecule has 0 N–H and O–H groups in total. The molecule has 3 aromatic rings. The van der Waals surface area contributed by atoms with Gasteiger partial charge < -0.3 is 4.42 Å². The van der Waals surface area contributed by atoms with E-state index in [2.05, 4.69) is 15.2 Å². The zero-order chi connectivity index (χ0) is 19.0. The van der Waals surface area contributed by atoms with Crippen molar-refractivity contribution in [3.05, 3.63) is 41.9 Å². The summed E-state index contributed by atoms with van der Waals surface area (Å²) in [6, 6.07) is 3.39. The molecule has 0 spiro atoms. The standard InChI is InChI=1S/C17H14F4N4OS/c18-11-13(12(19)15(21)22-14(11)20)27-17-24-23-16(10-7-4-8-26-10)25(17)9-5-2-1-3-6-9/h4,7-9H,1-3,5-6H2. The van der Waals surface area contributed by atoms with E-state index in [0.29, 0.717) is 23.3 Å². The Morgan fingerprint density at radius 3 is 2.33 bits per heavy atom. The van der Waals surface area contributed by atoms with Crippen LogP contribution in [-0.2, 0) is 0 Å². The van der Waals surface area contributed by atoms with Gasteiger partial charge in [0.25, 0.3) is 11.9 Å². The van der Waals surface area contributed by atoms with Crippen LogP contribution in [0, 0.1) is 23.5 Å². The minimum atomic E-state index is -1.70. The van der Waals surface area contributed by atoms with Crippen LogP contribution < -0.4 is 0 Å². The van der Waals surface area contributed by atoms with E-state index < -0.39 is 28.4 Å². The number of rotatable bonds is 4. The highest BCUT2D eigenvalue weighted by Crippen LogP contribution is 2.39. The van der Waals surface area contributed by atoms with Gasteiger partial charge in [0.1, 0.15) is 0 Å². The van der Waals surface area contributed by atoms with Crippen molar-refractivity contribution in [2.45, 2.75) is 48.2 Å². The minimum Gasteiger partial charge on any atom is -0.461 e. The summed E-state index contributed by atoms with van der Waals surface area (Å²) in [6.07, 6.45) is 6.24. The molecule has 0 radical (unpaired) electrons. The van der Waals surface area contributed by atoms with Crippen molar-refractivity contribution in [3.8, 4) is 11.6 Å². The molecule has 4 rings (SSSR count). The highest BCUT2D eigenvalue weighted by molar-refractivity contribution is 7.99. The number of hydrogen-bond donors (Lipinski definition) is 0. The molecule has 1 aliphatic rings. The fourth-order valence-corrected chi connectivity index (χ4v) is 4.18. The lowest BCUT2D eigenvalue weighted by atomic mass is 9.95. The van der Waals surface area contributed by atoms with Crippen LogP contribution in [0.1, 0.15) is 38.1 Å². The number of aromatic nitrogens is 4. The van der Waals surface area contributed by atoms with E-state index in [1.807, 2.05) is 0 Å². The van der Waals surface area contributed by atoms with Crippen LogP contribution in [0.2, 0.25) is 0 Å². The Balaban J connectivity index is 1.80. The van der Waals surface area contributed by atoms with Crippen molar-refractivity contribution >= 4 is 11.8 Å². The van der Waals surface area contributed by atoms with Crippen LogP contribution in [0.5, 0.6) is 0 Å². The molecule has 0 unspecified atom stereocenters. The van der Waals surface area contributed by atoms with Crippen LogP contribution in [0.4, 0.5) is 17.6 Å². The zero-order valence-corrected chi connectivity index (χ0v) is 14.8. The molecule has 0 bridgehead atoms.